The zero-order valence-corrected chi connectivity index (χ0v) is 10.8. The fourth-order valence-electron chi connectivity index (χ4n) is 1.72. The van der Waals surface area contributed by atoms with Crippen molar-refractivity contribution in [2.45, 2.75) is 13.1 Å². The monoisotopic (exact) mass is 303 g/mol. The fraction of sp³-hybridized carbons (Fsp3) is 0.231. The van der Waals surface area contributed by atoms with E-state index in [0.717, 1.165) is 24.3 Å². The van der Waals surface area contributed by atoms with Gasteiger partial charge in [0.15, 0.2) is 0 Å². The Morgan fingerprint density at radius 2 is 1.71 bits per heavy atom. The molecule has 0 spiro atoms. The summed E-state index contributed by atoms with van der Waals surface area (Å²) in [7, 11) is 0. The standard InChI is InChI=1S/C13H10F5N3/c1-2-19-10-6-9(20-12(21-10)13(16,17)18)11-7(14)4-3-5-8(11)15/h3-6H,2H2,1H3,(H,19,20,21). The molecule has 1 N–H and O–H groups in total. The molecule has 3 nitrogen and oxygen atoms in total. The first-order valence-electron chi connectivity index (χ1n) is 5.97. The lowest BCUT2D eigenvalue weighted by Gasteiger charge is -2.11. The number of halogens is 5. The molecular weight excluding hydrogens is 293 g/mol. The van der Waals surface area contributed by atoms with Crippen LogP contribution >= 0.6 is 0 Å². The molecule has 0 saturated carbocycles. The van der Waals surface area contributed by atoms with Crippen molar-refractivity contribution in [3.05, 3.63) is 41.7 Å². The molecule has 0 unspecified atom stereocenters. The van der Waals surface area contributed by atoms with Gasteiger partial charge in [0.25, 0.3) is 0 Å². The second-order valence-electron chi connectivity index (χ2n) is 4.09. The van der Waals surface area contributed by atoms with E-state index in [1.165, 1.54) is 0 Å². The van der Waals surface area contributed by atoms with Crippen LogP contribution in [0, 0.1) is 11.6 Å². The average molecular weight is 303 g/mol. The van der Waals surface area contributed by atoms with Gasteiger partial charge in [-0.2, -0.15) is 13.2 Å². The fourth-order valence-corrected chi connectivity index (χ4v) is 1.72. The zero-order chi connectivity index (χ0) is 15.6. The van der Waals surface area contributed by atoms with Crippen molar-refractivity contribution in [3.8, 4) is 11.3 Å². The van der Waals surface area contributed by atoms with Gasteiger partial charge < -0.3 is 5.32 Å². The number of hydrogen-bond donors (Lipinski definition) is 1. The number of rotatable bonds is 3. The van der Waals surface area contributed by atoms with Gasteiger partial charge in [-0.15, -0.1) is 0 Å². The van der Waals surface area contributed by atoms with Crippen molar-refractivity contribution in [2.24, 2.45) is 0 Å². The molecular formula is C13H10F5N3. The summed E-state index contributed by atoms with van der Waals surface area (Å²) < 4.78 is 65.7. The molecule has 2 aromatic rings. The van der Waals surface area contributed by atoms with Gasteiger partial charge in [-0.05, 0) is 19.1 Å². The molecule has 0 aliphatic heterocycles. The first-order valence-corrected chi connectivity index (χ1v) is 5.97. The summed E-state index contributed by atoms with van der Waals surface area (Å²) in [4.78, 5) is 6.51. The van der Waals surface area contributed by atoms with Crippen molar-refractivity contribution in [3.63, 3.8) is 0 Å². The summed E-state index contributed by atoms with van der Waals surface area (Å²) in [6.45, 7) is 1.95. The number of nitrogens with zero attached hydrogens (tertiary/aromatic N) is 2. The quantitative estimate of drug-likeness (QED) is 0.875. The van der Waals surface area contributed by atoms with E-state index >= 15 is 0 Å². The van der Waals surface area contributed by atoms with Crippen molar-refractivity contribution < 1.29 is 22.0 Å². The van der Waals surface area contributed by atoms with Gasteiger partial charge >= 0.3 is 6.18 Å². The lowest BCUT2D eigenvalue weighted by Crippen LogP contribution is -2.14. The SMILES string of the molecule is CCNc1cc(-c2c(F)cccc2F)nc(C(F)(F)F)n1. The van der Waals surface area contributed by atoms with Crippen LogP contribution in [-0.2, 0) is 6.18 Å². The summed E-state index contributed by atoms with van der Waals surface area (Å²) in [5, 5.41) is 2.57. The van der Waals surface area contributed by atoms with Crippen LogP contribution < -0.4 is 5.32 Å². The highest BCUT2D eigenvalue weighted by molar-refractivity contribution is 5.64. The summed E-state index contributed by atoms with van der Waals surface area (Å²) in [5.41, 5.74) is -1.09. The Morgan fingerprint density at radius 3 is 2.24 bits per heavy atom. The van der Waals surface area contributed by atoms with Gasteiger partial charge in [0, 0.05) is 12.6 Å². The van der Waals surface area contributed by atoms with Crippen LogP contribution in [-0.4, -0.2) is 16.5 Å². The second-order valence-corrected chi connectivity index (χ2v) is 4.09. The third-order valence-electron chi connectivity index (χ3n) is 2.56. The summed E-state index contributed by atoms with van der Waals surface area (Å²) in [6, 6.07) is 4.08. The van der Waals surface area contributed by atoms with Crippen molar-refractivity contribution in [1.82, 2.24) is 9.97 Å². The van der Waals surface area contributed by atoms with E-state index in [9.17, 15) is 22.0 Å². The topological polar surface area (TPSA) is 37.8 Å². The Balaban J connectivity index is 2.65. The van der Waals surface area contributed by atoms with Crippen molar-refractivity contribution in [2.75, 3.05) is 11.9 Å². The molecule has 0 radical (unpaired) electrons. The van der Waals surface area contributed by atoms with Crippen LogP contribution in [0.1, 0.15) is 12.7 Å². The lowest BCUT2D eigenvalue weighted by atomic mass is 10.1. The molecule has 1 aromatic heterocycles. The van der Waals surface area contributed by atoms with Gasteiger partial charge in [0.2, 0.25) is 5.82 Å². The Bertz CT molecular complexity index is 634. The molecule has 0 atom stereocenters. The number of benzene rings is 1. The number of anilines is 1. The predicted octanol–water partition coefficient (Wildman–Crippen LogP) is 3.87. The van der Waals surface area contributed by atoms with E-state index in [4.69, 9.17) is 0 Å². The van der Waals surface area contributed by atoms with E-state index in [0.29, 0.717) is 6.54 Å². The minimum atomic E-state index is -4.82. The van der Waals surface area contributed by atoms with Gasteiger partial charge in [0.1, 0.15) is 17.5 Å². The Hall–Kier alpha value is -2.25. The first kappa shape index (κ1) is 15.1. The van der Waals surface area contributed by atoms with E-state index in [2.05, 4.69) is 15.3 Å². The van der Waals surface area contributed by atoms with Crippen LogP contribution in [0.15, 0.2) is 24.3 Å². The molecule has 0 aliphatic rings. The summed E-state index contributed by atoms with van der Waals surface area (Å²) in [6.07, 6.45) is -4.82. The average Bonchev–Trinajstić information content (AvgIpc) is 2.37. The van der Waals surface area contributed by atoms with Gasteiger partial charge in [-0.3, -0.25) is 0 Å². The first-order chi connectivity index (χ1) is 9.82. The third-order valence-corrected chi connectivity index (χ3v) is 2.56. The largest absolute Gasteiger partial charge is 0.451 e. The normalized spacial score (nSPS) is 11.5. The Morgan fingerprint density at radius 1 is 1.10 bits per heavy atom. The molecule has 112 valence electrons. The second kappa shape index (κ2) is 5.63. The lowest BCUT2D eigenvalue weighted by molar-refractivity contribution is -0.144. The molecule has 21 heavy (non-hydrogen) atoms. The Labute approximate surface area is 116 Å². The van der Waals surface area contributed by atoms with Crippen LogP contribution in [0.25, 0.3) is 11.3 Å². The summed E-state index contributed by atoms with van der Waals surface area (Å²) in [5.74, 6) is -3.61. The van der Waals surface area contributed by atoms with Gasteiger partial charge in [-0.25, -0.2) is 18.7 Å². The molecule has 0 amide bonds. The molecule has 8 heteroatoms. The molecule has 1 heterocycles. The molecule has 0 saturated heterocycles. The maximum Gasteiger partial charge on any atom is 0.451 e. The zero-order valence-electron chi connectivity index (χ0n) is 10.8. The Kier molecular flexibility index (Phi) is 4.06. The molecule has 0 aliphatic carbocycles. The van der Waals surface area contributed by atoms with Gasteiger partial charge in [0.05, 0.1) is 11.3 Å². The van der Waals surface area contributed by atoms with Crippen LogP contribution in [0.2, 0.25) is 0 Å². The molecule has 0 fully saturated rings. The third kappa shape index (κ3) is 3.26. The van der Waals surface area contributed by atoms with E-state index in [-0.39, 0.29) is 5.82 Å². The van der Waals surface area contributed by atoms with Crippen molar-refractivity contribution >= 4 is 5.82 Å². The number of nitrogens with one attached hydrogen (secondary N) is 1. The number of alkyl halides is 3. The maximum absolute atomic E-state index is 13.7. The van der Waals surface area contributed by atoms with E-state index < -0.39 is 34.9 Å². The molecule has 1 aromatic carbocycles. The number of hydrogen-bond acceptors (Lipinski definition) is 3. The smallest absolute Gasteiger partial charge is 0.370 e. The highest BCUT2D eigenvalue weighted by Gasteiger charge is 2.36. The highest BCUT2D eigenvalue weighted by atomic mass is 19.4. The minimum Gasteiger partial charge on any atom is -0.370 e. The van der Waals surface area contributed by atoms with Crippen LogP contribution in [0.3, 0.4) is 0 Å². The van der Waals surface area contributed by atoms with E-state index in [1.54, 1.807) is 6.92 Å². The summed E-state index contributed by atoms with van der Waals surface area (Å²) >= 11 is 0. The van der Waals surface area contributed by atoms with Gasteiger partial charge in [-0.1, -0.05) is 6.07 Å². The highest BCUT2D eigenvalue weighted by Crippen LogP contribution is 2.31. The van der Waals surface area contributed by atoms with Crippen LogP contribution in [0.4, 0.5) is 27.8 Å². The van der Waals surface area contributed by atoms with E-state index in [1.807, 2.05) is 0 Å². The predicted molar refractivity (Wildman–Crippen MR) is 66.5 cm³/mol. The maximum atomic E-state index is 13.7. The van der Waals surface area contributed by atoms with Crippen LogP contribution in [0.5, 0.6) is 0 Å². The minimum absolute atomic E-state index is 0.155. The number of aromatic nitrogens is 2. The van der Waals surface area contributed by atoms with Crippen molar-refractivity contribution in [1.29, 1.82) is 0 Å². The molecule has 2 rings (SSSR count). The molecule has 0 bridgehead atoms.